The number of rotatable bonds is 3. The third-order valence-electron chi connectivity index (χ3n) is 1.90. The minimum atomic E-state index is -0.480. The summed E-state index contributed by atoms with van der Waals surface area (Å²) in [5.41, 5.74) is 6.06. The lowest BCUT2D eigenvalue weighted by Crippen LogP contribution is -2.13. The van der Waals surface area contributed by atoms with Crippen LogP contribution in [-0.2, 0) is 0 Å². The number of nitro groups is 1. The van der Waals surface area contributed by atoms with Crippen LogP contribution in [0.5, 0.6) is 0 Å². The number of nitro benzene ring substituents is 1. The summed E-state index contributed by atoms with van der Waals surface area (Å²) in [5, 5.41) is 10.5. The molecule has 0 aliphatic carbocycles. The van der Waals surface area contributed by atoms with E-state index in [2.05, 4.69) is 0 Å². The van der Waals surface area contributed by atoms with Crippen LogP contribution in [-0.4, -0.2) is 17.3 Å². The first-order valence-corrected chi connectivity index (χ1v) is 4.04. The molecule has 0 aromatic heterocycles. The van der Waals surface area contributed by atoms with Gasteiger partial charge in [0.1, 0.15) is 0 Å². The molecule has 1 rings (SSSR count). The third kappa shape index (κ3) is 1.94. The Labute approximate surface area is 80.7 Å². The summed E-state index contributed by atoms with van der Waals surface area (Å²) in [6.07, 6.45) is 0. The number of benzene rings is 1. The predicted molar refractivity (Wildman–Crippen MR) is 51.2 cm³/mol. The molecule has 14 heavy (non-hydrogen) atoms. The van der Waals surface area contributed by atoms with Gasteiger partial charge in [0.25, 0.3) is 5.69 Å². The first kappa shape index (κ1) is 10.3. The highest BCUT2D eigenvalue weighted by Gasteiger charge is 2.12. The minimum absolute atomic E-state index is 0.0126. The van der Waals surface area contributed by atoms with E-state index in [1.165, 1.54) is 18.2 Å². The first-order valence-electron chi connectivity index (χ1n) is 4.04. The van der Waals surface area contributed by atoms with Gasteiger partial charge in [-0.3, -0.25) is 14.9 Å². The summed E-state index contributed by atoms with van der Waals surface area (Å²) in [6.45, 7) is 1.50. The first-order chi connectivity index (χ1) is 6.56. The van der Waals surface area contributed by atoms with Gasteiger partial charge in [0.2, 0.25) is 0 Å². The lowest BCUT2D eigenvalue weighted by atomic mass is 10.1. The molecular weight excluding hydrogens is 184 g/mol. The highest BCUT2D eigenvalue weighted by Crippen LogP contribution is 2.18. The van der Waals surface area contributed by atoms with Gasteiger partial charge in [-0.05, 0) is 19.1 Å². The Kier molecular flexibility index (Phi) is 2.93. The van der Waals surface area contributed by atoms with Crippen molar-refractivity contribution >= 4 is 11.5 Å². The number of nitrogens with two attached hydrogens (primary N) is 1. The zero-order chi connectivity index (χ0) is 10.7. The van der Waals surface area contributed by atoms with E-state index in [0.29, 0.717) is 11.1 Å². The molecule has 0 atom stereocenters. The summed E-state index contributed by atoms with van der Waals surface area (Å²) < 4.78 is 0. The van der Waals surface area contributed by atoms with Gasteiger partial charge in [-0.2, -0.15) is 0 Å². The van der Waals surface area contributed by atoms with Crippen LogP contribution in [0.15, 0.2) is 18.2 Å². The predicted octanol–water partition coefficient (Wildman–Crippen LogP) is 1.04. The topological polar surface area (TPSA) is 86.2 Å². The third-order valence-corrected chi connectivity index (χ3v) is 1.90. The van der Waals surface area contributed by atoms with E-state index in [-0.39, 0.29) is 18.0 Å². The smallest absolute Gasteiger partial charge is 0.272 e. The fourth-order valence-corrected chi connectivity index (χ4v) is 1.15. The van der Waals surface area contributed by atoms with E-state index >= 15 is 0 Å². The van der Waals surface area contributed by atoms with Gasteiger partial charge < -0.3 is 5.73 Å². The largest absolute Gasteiger partial charge is 0.324 e. The Morgan fingerprint density at radius 2 is 2.21 bits per heavy atom. The van der Waals surface area contributed by atoms with Crippen LogP contribution in [0.25, 0.3) is 0 Å². The van der Waals surface area contributed by atoms with Crippen LogP contribution in [0.2, 0.25) is 0 Å². The summed E-state index contributed by atoms with van der Waals surface area (Å²) in [6, 6.07) is 4.21. The minimum Gasteiger partial charge on any atom is -0.324 e. The number of Topliss-reactive ketones (excluding diaryl/α,β-unsaturated/α-hetero) is 1. The second kappa shape index (κ2) is 3.97. The molecule has 0 fully saturated rings. The van der Waals surface area contributed by atoms with E-state index in [4.69, 9.17) is 5.73 Å². The van der Waals surface area contributed by atoms with Crippen LogP contribution >= 0.6 is 0 Å². The van der Waals surface area contributed by atoms with Crippen molar-refractivity contribution in [2.75, 3.05) is 6.54 Å². The van der Waals surface area contributed by atoms with Gasteiger partial charge in [-0.15, -0.1) is 0 Å². The number of hydrogen-bond acceptors (Lipinski definition) is 4. The second-order valence-electron chi connectivity index (χ2n) is 2.89. The SMILES string of the molecule is Cc1cc(C(=O)CN)ccc1[N+](=O)[O-]. The average molecular weight is 194 g/mol. The van der Waals surface area contributed by atoms with Crippen LogP contribution < -0.4 is 5.73 Å². The number of nitrogens with zero attached hydrogens (tertiary/aromatic N) is 1. The molecule has 74 valence electrons. The van der Waals surface area contributed by atoms with E-state index in [1.807, 2.05) is 0 Å². The highest BCUT2D eigenvalue weighted by atomic mass is 16.6. The molecule has 0 spiro atoms. The highest BCUT2D eigenvalue weighted by molar-refractivity contribution is 5.97. The zero-order valence-corrected chi connectivity index (χ0v) is 7.69. The maximum absolute atomic E-state index is 11.2. The lowest BCUT2D eigenvalue weighted by molar-refractivity contribution is -0.385. The maximum Gasteiger partial charge on any atom is 0.272 e. The molecule has 0 amide bonds. The standard InChI is InChI=1S/C9H10N2O3/c1-6-4-7(9(12)5-10)2-3-8(6)11(13)14/h2-4H,5,10H2,1H3. The quantitative estimate of drug-likeness (QED) is 0.442. The summed E-state index contributed by atoms with van der Waals surface area (Å²) in [7, 11) is 0. The Bertz CT molecular complexity index is 388. The molecule has 2 N–H and O–H groups in total. The van der Waals surface area contributed by atoms with Crippen LogP contribution in [0.1, 0.15) is 15.9 Å². The van der Waals surface area contributed by atoms with E-state index in [9.17, 15) is 14.9 Å². The van der Waals surface area contributed by atoms with Crippen LogP contribution in [0.3, 0.4) is 0 Å². The van der Waals surface area contributed by atoms with Crippen molar-refractivity contribution in [2.45, 2.75) is 6.92 Å². The number of ketones is 1. The number of carbonyl (C=O) groups is 1. The van der Waals surface area contributed by atoms with E-state index < -0.39 is 4.92 Å². The molecule has 0 aliphatic rings. The molecule has 5 nitrogen and oxygen atoms in total. The number of hydrogen-bond donors (Lipinski definition) is 1. The van der Waals surface area contributed by atoms with Crippen molar-refractivity contribution in [3.63, 3.8) is 0 Å². The van der Waals surface area contributed by atoms with Crippen LogP contribution in [0, 0.1) is 17.0 Å². The molecule has 0 radical (unpaired) electrons. The average Bonchev–Trinajstić information content (AvgIpc) is 2.15. The van der Waals surface area contributed by atoms with Gasteiger partial charge in [-0.25, -0.2) is 0 Å². The van der Waals surface area contributed by atoms with Crippen molar-refractivity contribution in [3.8, 4) is 0 Å². The van der Waals surface area contributed by atoms with Crippen molar-refractivity contribution in [1.82, 2.24) is 0 Å². The summed E-state index contributed by atoms with van der Waals surface area (Å²) in [5.74, 6) is -0.219. The molecule has 0 aliphatic heterocycles. The molecule has 0 bridgehead atoms. The molecule has 1 aromatic carbocycles. The summed E-state index contributed by atoms with van der Waals surface area (Å²) >= 11 is 0. The molecule has 1 aromatic rings. The Balaban J connectivity index is 3.12. The van der Waals surface area contributed by atoms with Crippen molar-refractivity contribution in [1.29, 1.82) is 0 Å². The fourth-order valence-electron chi connectivity index (χ4n) is 1.15. The monoisotopic (exact) mass is 194 g/mol. The molecular formula is C9H10N2O3. The maximum atomic E-state index is 11.2. The molecule has 0 saturated heterocycles. The Morgan fingerprint density at radius 1 is 1.57 bits per heavy atom. The van der Waals surface area contributed by atoms with Crippen molar-refractivity contribution in [2.24, 2.45) is 5.73 Å². The molecule has 0 heterocycles. The van der Waals surface area contributed by atoms with Crippen molar-refractivity contribution in [3.05, 3.63) is 39.4 Å². The van der Waals surface area contributed by atoms with Gasteiger partial charge in [0.05, 0.1) is 11.5 Å². The second-order valence-corrected chi connectivity index (χ2v) is 2.89. The van der Waals surface area contributed by atoms with Gasteiger partial charge in [0.15, 0.2) is 5.78 Å². The molecule has 5 heteroatoms. The normalized spacial score (nSPS) is 9.86. The van der Waals surface area contributed by atoms with E-state index in [1.54, 1.807) is 6.92 Å². The van der Waals surface area contributed by atoms with Gasteiger partial charge in [0, 0.05) is 17.2 Å². The van der Waals surface area contributed by atoms with Crippen LogP contribution in [0.4, 0.5) is 5.69 Å². The lowest BCUT2D eigenvalue weighted by Gasteiger charge is -2.00. The summed E-state index contributed by atoms with van der Waals surface area (Å²) in [4.78, 5) is 21.1. The van der Waals surface area contributed by atoms with Gasteiger partial charge in [-0.1, -0.05) is 0 Å². The van der Waals surface area contributed by atoms with Gasteiger partial charge >= 0.3 is 0 Å². The molecule has 0 saturated carbocycles. The molecule has 0 unspecified atom stereocenters. The number of carbonyl (C=O) groups excluding carboxylic acids is 1. The zero-order valence-electron chi connectivity index (χ0n) is 7.69. The Hall–Kier alpha value is -1.75. The Morgan fingerprint density at radius 3 is 2.64 bits per heavy atom. The van der Waals surface area contributed by atoms with E-state index in [0.717, 1.165) is 0 Å². The van der Waals surface area contributed by atoms with Crippen molar-refractivity contribution < 1.29 is 9.72 Å². The number of aryl methyl sites for hydroxylation is 1. The fraction of sp³-hybridized carbons (Fsp3) is 0.222.